The minimum atomic E-state index is -1.16. The van der Waals surface area contributed by atoms with Gasteiger partial charge in [0.05, 0.1) is 18.3 Å². The Kier molecular flexibility index (Phi) is 7.51. The van der Waals surface area contributed by atoms with Crippen molar-refractivity contribution < 1.29 is 23.9 Å². The number of ketones is 1. The molecule has 4 unspecified atom stereocenters. The molecule has 1 aromatic carbocycles. The van der Waals surface area contributed by atoms with Crippen LogP contribution in [0.2, 0.25) is 0 Å². The molecule has 0 aromatic heterocycles. The second kappa shape index (κ2) is 11.0. The molecule has 38 heavy (non-hydrogen) atoms. The number of benzene rings is 1. The fraction of sp³-hybridized carbons (Fsp3) is 0.500. The lowest BCUT2D eigenvalue weighted by molar-refractivity contribution is -0.144. The van der Waals surface area contributed by atoms with Crippen LogP contribution >= 0.6 is 0 Å². The Morgan fingerprint density at radius 1 is 1.11 bits per heavy atom. The molecule has 0 saturated carbocycles. The lowest BCUT2D eigenvalue weighted by Crippen LogP contribution is -2.52. The molecule has 3 amide bonds. The van der Waals surface area contributed by atoms with Crippen molar-refractivity contribution in [2.45, 2.75) is 50.9 Å². The molecular weight excluding hydrogens is 486 g/mol. The minimum Gasteiger partial charge on any atom is -0.480 e. The zero-order chi connectivity index (χ0) is 26.8. The summed E-state index contributed by atoms with van der Waals surface area (Å²) in [6, 6.07) is 6.27. The number of nitrogens with zero attached hydrogens (tertiary/aromatic N) is 3. The van der Waals surface area contributed by atoms with Crippen molar-refractivity contribution in [1.29, 1.82) is 0 Å². The molecule has 2 N–H and O–H groups in total. The van der Waals surface area contributed by atoms with Gasteiger partial charge in [-0.3, -0.25) is 19.2 Å². The second-order valence-electron chi connectivity index (χ2n) is 10.6. The van der Waals surface area contributed by atoms with Gasteiger partial charge in [-0.15, -0.1) is 0 Å². The summed E-state index contributed by atoms with van der Waals surface area (Å²) in [4.78, 5) is 57.3. The molecule has 10 heteroatoms. The Morgan fingerprint density at radius 3 is 2.50 bits per heavy atom. The average Bonchev–Trinajstić information content (AvgIpc) is 3.64. The summed E-state index contributed by atoms with van der Waals surface area (Å²) in [7, 11) is 0. The number of anilines is 1. The summed E-state index contributed by atoms with van der Waals surface area (Å²) in [5, 5.41) is 6.31. The number of hydrogen-bond acceptors (Lipinski definition) is 7. The average molecular weight is 522 g/mol. The van der Waals surface area contributed by atoms with Crippen LogP contribution in [0, 0.1) is 5.92 Å². The lowest BCUT2D eigenvalue weighted by atomic mass is 10.0. The van der Waals surface area contributed by atoms with E-state index < -0.39 is 18.1 Å². The summed E-state index contributed by atoms with van der Waals surface area (Å²) in [5.41, 5.74) is 1.59. The van der Waals surface area contributed by atoms with Gasteiger partial charge in [-0.25, -0.2) is 0 Å². The Labute approximate surface area is 222 Å². The first-order valence-electron chi connectivity index (χ1n) is 13.4. The number of piperazine rings is 1. The zero-order valence-electron chi connectivity index (χ0n) is 21.8. The van der Waals surface area contributed by atoms with Crippen molar-refractivity contribution in [2.24, 2.45) is 5.92 Å². The normalized spacial score (nSPS) is 25.1. The van der Waals surface area contributed by atoms with Gasteiger partial charge in [-0.05, 0) is 49.1 Å². The van der Waals surface area contributed by atoms with E-state index in [1.165, 1.54) is 17.2 Å². The van der Waals surface area contributed by atoms with Crippen molar-refractivity contribution >= 4 is 29.2 Å². The third-order valence-electron chi connectivity index (χ3n) is 7.61. The summed E-state index contributed by atoms with van der Waals surface area (Å²) >= 11 is 0. The van der Waals surface area contributed by atoms with E-state index >= 15 is 0 Å². The fourth-order valence-electron chi connectivity index (χ4n) is 5.66. The van der Waals surface area contributed by atoms with Gasteiger partial charge in [0.25, 0.3) is 11.8 Å². The van der Waals surface area contributed by atoms with Gasteiger partial charge in [-0.1, -0.05) is 13.8 Å². The maximum absolute atomic E-state index is 13.7. The van der Waals surface area contributed by atoms with Gasteiger partial charge in [0, 0.05) is 56.3 Å². The first-order valence-corrected chi connectivity index (χ1v) is 13.4. The van der Waals surface area contributed by atoms with E-state index in [1.54, 1.807) is 23.2 Å². The van der Waals surface area contributed by atoms with Crippen molar-refractivity contribution in [3.63, 3.8) is 0 Å². The van der Waals surface area contributed by atoms with Gasteiger partial charge in [0.2, 0.25) is 17.8 Å². The van der Waals surface area contributed by atoms with Crippen LogP contribution in [-0.4, -0.2) is 90.3 Å². The second-order valence-corrected chi connectivity index (χ2v) is 10.6. The predicted molar refractivity (Wildman–Crippen MR) is 141 cm³/mol. The highest BCUT2D eigenvalue weighted by Crippen LogP contribution is 2.32. The fourth-order valence-corrected chi connectivity index (χ4v) is 5.66. The molecular formula is C28H35N5O5. The maximum atomic E-state index is 13.7. The molecule has 10 nitrogen and oxygen atoms in total. The number of nitrogens with one attached hydrogen (secondary N) is 2. The summed E-state index contributed by atoms with van der Waals surface area (Å²) in [5.74, 6) is -1.05. The minimum absolute atomic E-state index is 0.161. The Hall–Kier alpha value is -3.66. The quantitative estimate of drug-likeness (QED) is 0.516. The monoisotopic (exact) mass is 521 g/mol. The molecule has 0 aliphatic carbocycles. The summed E-state index contributed by atoms with van der Waals surface area (Å²) in [6.07, 6.45) is 5.88. The van der Waals surface area contributed by atoms with Crippen molar-refractivity contribution in [3.8, 4) is 0 Å². The lowest BCUT2D eigenvalue weighted by Gasteiger charge is -2.30. The van der Waals surface area contributed by atoms with E-state index in [0.29, 0.717) is 24.9 Å². The number of carbonyl (C=O) groups is 4. The predicted octanol–water partition coefficient (Wildman–Crippen LogP) is 1.05. The third-order valence-corrected chi connectivity index (χ3v) is 7.61. The van der Waals surface area contributed by atoms with E-state index in [9.17, 15) is 19.2 Å². The Bertz CT molecular complexity index is 1140. The molecule has 0 radical (unpaired) electrons. The standard InChI is InChI=1S/C28H35N5O5/c1-18(2)17-21(30-26(35)19-3-5-20(6-4-19)31-14-10-29-11-15-31)27(36)32-12-7-23-22(32)8-13-33(23)28(37)25-24(34)9-16-38-25/h3-6,8-9,13,16,18,21-23,25,29H,7,10-12,14-15,17H2,1-2H3,(H,30,35). The first kappa shape index (κ1) is 26.0. The molecule has 0 spiro atoms. The number of likely N-dealkylation sites (tertiary alicyclic amines) is 1. The highest BCUT2D eigenvalue weighted by Gasteiger charge is 2.47. The van der Waals surface area contributed by atoms with Crippen LogP contribution in [0.25, 0.3) is 0 Å². The van der Waals surface area contributed by atoms with E-state index in [4.69, 9.17) is 4.74 Å². The van der Waals surface area contributed by atoms with E-state index in [2.05, 4.69) is 15.5 Å². The van der Waals surface area contributed by atoms with Crippen molar-refractivity contribution in [1.82, 2.24) is 20.4 Å². The van der Waals surface area contributed by atoms with Gasteiger partial charge >= 0.3 is 0 Å². The van der Waals surface area contributed by atoms with Crippen LogP contribution in [-0.2, 0) is 19.1 Å². The number of fused-ring (bicyclic) bond motifs is 1. The van der Waals surface area contributed by atoms with Crippen LogP contribution in [0.3, 0.4) is 0 Å². The van der Waals surface area contributed by atoms with Gasteiger partial charge < -0.3 is 30.1 Å². The van der Waals surface area contributed by atoms with Gasteiger partial charge in [-0.2, -0.15) is 0 Å². The Balaban J connectivity index is 1.24. The van der Waals surface area contributed by atoms with Crippen LogP contribution in [0.1, 0.15) is 37.0 Å². The Morgan fingerprint density at radius 2 is 1.84 bits per heavy atom. The molecule has 4 aliphatic heterocycles. The van der Waals surface area contributed by atoms with Crippen LogP contribution in [0.15, 0.2) is 48.9 Å². The number of carbonyl (C=O) groups excluding carboxylic acids is 4. The largest absolute Gasteiger partial charge is 0.480 e. The topological polar surface area (TPSA) is 111 Å². The van der Waals surface area contributed by atoms with E-state index in [0.717, 1.165) is 31.9 Å². The highest BCUT2D eigenvalue weighted by atomic mass is 16.5. The van der Waals surface area contributed by atoms with Crippen LogP contribution in [0.5, 0.6) is 0 Å². The van der Waals surface area contributed by atoms with Gasteiger partial charge in [0.1, 0.15) is 6.04 Å². The van der Waals surface area contributed by atoms with Crippen molar-refractivity contribution in [3.05, 3.63) is 54.4 Å². The number of hydrogen-bond donors (Lipinski definition) is 2. The summed E-state index contributed by atoms with van der Waals surface area (Å²) < 4.78 is 5.18. The number of ether oxygens (including phenoxy) is 1. The summed E-state index contributed by atoms with van der Waals surface area (Å²) in [6.45, 7) is 8.21. The molecule has 5 rings (SSSR count). The zero-order valence-corrected chi connectivity index (χ0v) is 21.8. The van der Waals surface area contributed by atoms with Crippen LogP contribution < -0.4 is 15.5 Å². The highest BCUT2D eigenvalue weighted by molar-refractivity contribution is 6.11. The smallest absolute Gasteiger partial charge is 0.276 e. The van der Waals surface area contributed by atoms with Crippen LogP contribution in [0.4, 0.5) is 5.69 Å². The molecule has 4 heterocycles. The SMILES string of the molecule is CC(C)CC(NC(=O)c1ccc(N2CCNCC2)cc1)C(=O)N1CCC2C1C=CN2C(=O)C1OC=CC1=O. The van der Waals surface area contributed by atoms with Crippen molar-refractivity contribution in [2.75, 3.05) is 37.6 Å². The number of rotatable bonds is 7. The maximum Gasteiger partial charge on any atom is 0.276 e. The molecule has 202 valence electrons. The molecule has 1 aromatic rings. The third kappa shape index (κ3) is 5.18. The molecule has 0 bridgehead atoms. The van der Waals surface area contributed by atoms with Gasteiger partial charge in [0.15, 0.2) is 0 Å². The molecule has 4 aliphatic rings. The first-order chi connectivity index (χ1) is 18.3. The van der Waals surface area contributed by atoms with E-state index in [-0.39, 0.29) is 35.6 Å². The molecule has 4 atom stereocenters. The molecule has 2 saturated heterocycles. The number of amides is 3. The molecule has 2 fully saturated rings. The van der Waals surface area contributed by atoms with E-state index in [1.807, 2.05) is 32.1 Å².